The minimum atomic E-state index is -3.49. The molecule has 2 aromatic carbocycles. The van der Waals surface area contributed by atoms with Gasteiger partial charge in [-0.1, -0.05) is 0 Å². The lowest BCUT2D eigenvalue weighted by Crippen LogP contribution is -2.17. The summed E-state index contributed by atoms with van der Waals surface area (Å²) >= 11 is 0. The lowest BCUT2D eigenvalue weighted by atomic mass is 9.98. The van der Waals surface area contributed by atoms with Crippen molar-refractivity contribution < 1.29 is 38.1 Å². The fourth-order valence-corrected chi connectivity index (χ4v) is 4.87. The first-order valence-corrected chi connectivity index (χ1v) is 13.5. The van der Waals surface area contributed by atoms with Crippen molar-refractivity contribution in [3.8, 4) is 34.1 Å². The van der Waals surface area contributed by atoms with Gasteiger partial charge in [0.15, 0.2) is 23.0 Å². The number of hydrazone groups is 1. The number of carbonyl (C=O) groups is 1. The Labute approximate surface area is 226 Å². The van der Waals surface area contributed by atoms with Gasteiger partial charge in [-0.3, -0.25) is 14.3 Å². The van der Waals surface area contributed by atoms with Crippen LogP contribution in [-0.2, 0) is 13.6 Å². The van der Waals surface area contributed by atoms with Gasteiger partial charge in [0, 0.05) is 34.9 Å². The number of aromatic hydroxyl groups is 2. The molecule has 1 amide bonds. The molecule has 0 unspecified atom stereocenters. The molecule has 3 N–H and O–H groups in total. The van der Waals surface area contributed by atoms with Crippen LogP contribution < -0.4 is 14.9 Å². The Kier molecular flexibility index (Phi) is 10.2. The van der Waals surface area contributed by atoms with Crippen molar-refractivity contribution in [1.82, 2.24) is 10.4 Å². The SMILES string of the molecule is CCOP(=O)(/C=C/c1cc(OC)c(O)c(-c2cc(/C=N/NC(=O)c3ccncc3)cc(OC)c2O)c1)OCC. The lowest BCUT2D eigenvalue weighted by molar-refractivity contribution is 0.0955. The number of hydrogen-bond acceptors (Lipinski definition) is 10. The fourth-order valence-electron chi connectivity index (χ4n) is 3.54. The minimum absolute atomic E-state index is 0.103. The van der Waals surface area contributed by atoms with E-state index in [1.54, 1.807) is 38.1 Å². The lowest BCUT2D eigenvalue weighted by Gasteiger charge is -2.15. The summed E-state index contributed by atoms with van der Waals surface area (Å²) in [5.41, 5.74) is 4.13. The van der Waals surface area contributed by atoms with E-state index >= 15 is 0 Å². The van der Waals surface area contributed by atoms with Gasteiger partial charge in [0.2, 0.25) is 0 Å². The van der Waals surface area contributed by atoms with Gasteiger partial charge in [-0.05, 0) is 67.4 Å². The Hall–Kier alpha value is -4.18. The summed E-state index contributed by atoms with van der Waals surface area (Å²) in [6.07, 6.45) is 5.87. The number of phenolic OH excluding ortho intramolecular Hbond substituents is 2. The van der Waals surface area contributed by atoms with Crippen LogP contribution in [0.25, 0.3) is 17.2 Å². The molecular weight excluding hydrogens is 525 g/mol. The number of benzene rings is 2. The van der Waals surface area contributed by atoms with Gasteiger partial charge in [0.25, 0.3) is 5.91 Å². The molecule has 0 aliphatic rings. The van der Waals surface area contributed by atoms with E-state index in [4.69, 9.17) is 18.5 Å². The predicted molar refractivity (Wildman–Crippen MR) is 148 cm³/mol. The highest BCUT2D eigenvalue weighted by Gasteiger charge is 2.21. The Balaban J connectivity index is 2.02. The molecule has 1 aromatic heterocycles. The van der Waals surface area contributed by atoms with Gasteiger partial charge in [-0.2, -0.15) is 5.10 Å². The second-order valence-electron chi connectivity index (χ2n) is 7.86. The monoisotopic (exact) mass is 555 g/mol. The van der Waals surface area contributed by atoms with Crippen LogP contribution in [0.4, 0.5) is 0 Å². The van der Waals surface area contributed by atoms with Crippen LogP contribution in [0.5, 0.6) is 23.0 Å². The number of methoxy groups -OCH3 is 2. The van der Waals surface area contributed by atoms with Crippen molar-refractivity contribution >= 4 is 25.8 Å². The molecule has 12 heteroatoms. The maximum absolute atomic E-state index is 12.9. The summed E-state index contributed by atoms with van der Waals surface area (Å²) in [5, 5.41) is 25.8. The average Bonchev–Trinajstić information content (AvgIpc) is 2.94. The Morgan fingerprint density at radius 1 is 0.949 bits per heavy atom. The molecule has 0 aliphatic carbocycles. The van der Waals surface area contributed by atoms with Crippen molar-refractivity contribution in [3.63, 3.8) is 0 Å². The van der Waals surface area contributed by atoms with Crippen molar-refractivity contribution in [2.45, 2.75) is 13.8 Å². The van der Waals surface area contributed by atoms with E-state index in [9.17, 15) is 19.6 Å². The average molecular weight is 556 g/mol. The summed E-state index contributed by atoms with van der Waals surface area (Å²) in [7, 11) is -0.729. The zero-order valence-corrected chi connectivity index (χ0v) is 22.8. The molecule has 206 valence electrons. The molecule has 39 heavy (non-hydrogen) atoms. The Morgan fingerprint density at radius 3 is 2.03 bits per heavy atom. The first kappa shape index (κ1) is 29.4. The third-order valence-corrected chi connectivity index (χ3v) is 7.06. The summed E-state index contributed by atoms with van der Waals surface area (Å²) in [4.78, 5) is 16.1. The molecule has 0 aliphatic heterocycles. The third kappa shape index (κ3) is 7.44. The number of ether oxygens (including phenoxy) is 2. The first-order valence-electron chi connectivity index (χ1n) is 11.9. The van der Waals surface area contributed by atoms with Gasteiger partial charge < -0.3 is 28.7 Å². The topological polar surface area (TPSA) is 149 Å². The van der Waals surface area contributed by atoms with Gasteiger partial charge in [0.05, 0.1) is 33.6 Å². The highest BCUT2D eigenvalue weighted by atomic mass is 31.2. The number of phenols is 2. The molecule has 0 spiro atoms. The second-order valence-corrected chi connectivity index (χ2v) is 9.76. The molecule has 11 nitrogen and oxygen atoms in total. The molecule has 3 rings (SSSR count). The second kappa shape index (κ2) is 13.6. The molecule has 0 saturated carbocycles. The number of hydrogen-bond donors (Lipinski definition) is 3. The zero-order chi connectivity index (χ0) is 28.4. The van der Waals surface area contributed by atoms with Gasteiger partial charge in [-0.25, -0.2) is 5.43 Å². The predicted octanol–water partition coefficient (Wildman–Crippen LogP) is 5.18. The van der Waals surface area contributed by atoms with E-state index in [0.29, 0.717) is 16.7 Å². The number of pyridine rings is 1. The zero-order valence-electron chi connectivity index (χ0n) is 22.0. The van der Waals surface area contributed by atoms with Gasteiger partial charge in [-0.15, -0.1) is 0 Å². The van der Waals surface area contributed by atoms with Crippen LogP contribution in [0.15, 0.2) is 59.7 Å². The van der Waals surface area contributed by atoms with E-state index in [1.165, 1.54) is 56.9 Å². The number of aromatic nitrogens is 1. The largest absolute Gasteiger partial charge is 0.504 e. The maximum atomic E-state index is 12.9. The van der Waals surface area contributed by atoms with Crippen LogP contribution in [0.1, 0.15) is 35.3 Å². The first-order chi connectivity index (χ1) is 18.7. The normalized spacial score (nSPS) is 11.7. The quantitative estimate of drug-likeness (QED) is 0.156. The number of nitrogens with zero attached hydrogens (tertiary/aromatic N) is 2. The number of nitrogens with one attached hydrogen (secondary N) is 1. The van der Waals surface area contributed by atoms with E-state index in [2.05, 4.69) is 15.5 Å². The molecular formula is C27H30N3O8P. The van der Waals surface area contributed by atoms with E-state index in [-0.39, 0.29) is 47.3 Å². The Bertz CT molecular complexity index is 1400. The molecule has 0 radical (unpaired) electrons. The summed E-state index contributed by atoms with van der Waals surface area (Å²) < 4.78 is 34.1. The molecule has 0 atom stereocenters. The van der Waals surface area contributed by atoms with E-state index in [1.807, 2.05) is 0 Å². The summed E-state index contributed by atoms with van der Waals surface area (Å²) in [6, 6.07) is 9.26. The minimum Gasteiger partial charge on any atom is -0.504 e. The van der Waals surface area contributed by atoms with E-state index in [0.717, 1.165) is 0 Å². The van der Waals surface area contributed by atoms with E-state index < -0.39 is 13.5 Å². The molecule has 1 heterocycles. The standard InChI is InChI=1S/C27H30N3O8P/c1-5-37-39(34,38-6-2)12-9-18-13-21(25(31)23(15-18)35-3)22-14-19(16-24(36-4)26(22)32)17-29-30-27(33)20-7-10-28-11-8-20/h7-17,31-32H,5-6H2,1-4H3,(H,30,33)/b12-9+,29-17+. The van der Waals surface area contributed by atoms with Crippen LogP contribution in [0.3, 0.4) is 0 Å². The van der Waals surface area contributed by atoms with Crippen molar-refractivity contribution in [3.05, 3.63) is 71.3 Å². The number of carbonyl (C=O) groups excluding carboxylic acids is 1. The van der Waals surface area contributed by atoms with Crippen molar-refractivity contribution in [1.29, 1.82) is 0 Å². The van der Waals surface area contributed by atoms with Crippen molar-refractivity contribution in [2.75, 3.05) is 27.4 Å². The molecule has 0 bridgehead atoms. The Morgan fingerprint density at radius 2 is 1.49 bits per heavy atom. The van der Waals surface area contributed by atoms with Crippen LogP contribution in [0.2, 0.25) is 0 Å². The van der Waals surface area contributed by atoms with Gasteiger partial charge >= 0.3 is 7.60 Å². The van der Waals surface area contributed by atoms with Crippen LogP contribution in [-0.4, -0.2) is 54.8 Å². The molecule has 0 saturated heterocycles. The van der Waals surface area contributed by atoms with Crippen LogP contribution >= 0.6 is 7.60 Å². The van der Waals surface area contributed by atoms with Crippen LogP contribution in [0, 0.1) is 0 Å². The number of amides is 1. The summed E-state index contributed by atoms with van der Waals surface area (Å²) in [5.74, 6) is 0.610. The molecule has 3 aromatic rings. The smallest absolute Gasteiger partial charge is 0.354 e. The number of rotatable bonds is 12. The fraction of sp³-hybridized carbons (Fsp3) is 0.222. The highest BCUT2D eigenvalue weighted by molar-refractivity contribution is 7.57. The van der Waals surface area contributed by atoms with Gasteiger partial charge in [0.1, 0.15) is 0 Å². The summed E-state index contributed by atoms with van der Waals surface area (Å²) in [6.45, 7) is 3.80. The maximum Gasteiger partial charge on any atom is 0.354 e. The highest BCUT2D eigenvalue weighted by Crippen LogP contribution is 2.51. The van der Waals surface area contributed by atoms with Crippen molar-refractivity contribution in [2.24, 2.45) is 5.10 Å². The molecule has 0 fully saturated rings. The third-order valence-electron chi connectivity index (χ3n) is 5.31.